The Hall–Kier alpha value is -0.380. The first-order chi connectivity index (χ1) is 18.5. The SMILES string of the molecule is C=C1CC2CCCC3(C[C@H]4CC[C@@H]3C4)N3CCCC(C1O[C@@H]1C(C)CC4CCCN5CCCC1(C)CC45)[C@@H]23. The van der Waals surface area contributed by atoms with Gasteiger partial charge in [-0.15, -0.1) is 0 Å². The summed E-state index contributed by atoms with van der Waals surface area (Å²) in [6.07, 6.45) is 23.6. The van der Waals surface area contributed by atoms with E-state index in [1.54, 1.807) is 6.42 Å². The standard InChI is InChI=1S/C35H56N2O/c1-23-18-27-8-4-14-35(21-25-11-12-28(35)20-25)37-17-6-10-29(31(27)37)32(23)38-33-24(2)19-26-9-5-15-36-16-7-13-34(33,3)22-30(26)36/h24-33H,1,4-22H2,2-3H3/t24?,25-,26?,27?,28+,29?,30?,31+,32?,33+,34?,35?/m0/s1. The molecule has 12 atom stereocenters. The van der Waals surface area contributed by atoms with Gasteiger partial charge in [0, 0.05) is 23.5 Å². The van der Waals surface area contributed by atoms with Crippen LogP contribution in [0.1, 0.15) is 117 Å². The monoisotopic (exact) mass is 520 g/mol. The Bertz CT molecular complexity index is 933. The second-order valence-corrected chi connectivity index (χ2v) is 16.3. The highest BCUT2D eigenvalue weighted by Gasteiger charge is 2.60. The third kappa shape index (κ3) is 3.76. The molecule has 38 heavy (non-hydrogen) atoms. The van der Waals surface area contributed by atoms with Crippen LogP contribution in [0.3, 0.4) is 0 Å². The van der Waals surface area contributed by atoms with Gasteiger partial charge in [-0.3, -0.25) is 4.90 Å². The normalized spacial score (nSPS) is 54.8. The number of ether oxygens (including phenoxy) is 1. The fourth-order valence-corrected chi connectivity index (χ4v) is 13.1. The van der Waals surface area contributed by atoms with Crippen LogP contribution in [0.15, 0.2) is 12.2 Å². The first-order valence-corrected chi connectivity index (χ1v) is 17.3. The minimum absolute atomic E-state index is 0.302. The van der Waals surface area contributed by atoms with Gasteiger partial charge in [0.15, 0.2) is 0 Å². The molecule has 0 aromatic carbocycles. The molecule has 0 aromatic heterocycles. The summed E-state index contributed by atoms with van der Waals surface area (Å²) in [6, 6.07) is 1.58. The lowest BCUT2D eigenvalue weighted by Gasteiger charge is -2.58. The third-order valence-electron chi connectivity index (χ3n) is 14.3. The smallest absolute Gasteiger partial charge is 0.0829 e. The van der Waals surface area contributed by atoms with Gasteiger partial charge in [-0.25, -0.2) is 0 Å². The van der Waals surface area contributed by atoms with Crippen molar-refractivity contribution in [2.45, 2.75) is 146 Å². The van der Waals surface area contributed by atoms with Crippen LogP contribution in [-0.2, 0) is 4.74 Å². The van der Waals surface area contributed by atoms with Crippen molar-refractivity contribution >= 4 is 0 Å². The average molecular weight is 521 g/mol. The van der Waals surface area contributed by atoms with Gasteiger partial charge in [0.2, 0.25) is 0 Å². The summed E-state index contributed by atoms with van der Waals surface area (Å²) in [5, 5.41) is 0. The summed E-state index contributed by atoms with van der Waals surface area (Å²) in [7, 11) is 0. The van der Waals surface area contributed by atoms with Gasteiger partial charge in [0.25, 0.3) is 0 Å². The number of hydrogen-bond donors (Lipinski definition) is 0. The Kier molecular flexibility index (Phi) is 6.21. The fourth-order valence-electron chi connectivity index (χ4n) is 13.1. The molecule has 0 radical (unpaired) electrons. The first kappa shape index (κ1) is 25.3. The number of hydrogen-bond acceptors (Lipinski definition) is 3. The largest absolute Gasteiger partial charge is 0.369 e. The van der Waals surface area contributed by atoms with E-state index in [-0.39, 0.29) is 0 Å². The summed E-state index contributed by atoms with van der Waals surface area (Å²) in [4.78, 5) is 6.10. The predicted octanol–water partition coefficient (Wildman–Crippen LogP) is 7.45. The van der Waals surface area contributed by atoms with E-state index in [1.165, 1.54) is 122 Å². The maximum Gasteiger partial charge on any atom is 0.0829 e. The predicted molar refractivity (Wildman–Crippen MR) is 155 cm³/mol. The van der Waals surface area contributed by atoms with Crippen molar-refractivity contribution in [2.24, 2.45) is 40.9 Å². The van der Waals surface area contributed by atoms with E-state index in [9.17, 15) is 0 Å². The lowest BCUT2D eigenvalue weighted by molar-refractivity contribution is -0.154. The van der Waals surface area contributed by atoms with Crippen LogP contribution in [0.2, 0.25) is 0 Å². The highest BCUT2D eigenvalue weighted by atomic mass is 16.5. The lowest BCUT2D eigenvalue weighted by atomic mass is 9.66. The Morgan fingerprint density at radius 1 is 0.868 bits per heavy atom. The van der Waals surface area contributed by atoms with E-state index < -0.39 is 0 Å². The quantitative estimate of drug-likeness (QED) is 0.352. The summed E-state index contributed by atoms with van der Waals surface area (Å²) in [6.45, 7) is 14.1. The molecule has 8 unspecified atom stereocenters. The van der Waals surface area contributed by atoms with Crippen molar-refractivity contribution < 1.29 is 4.74 Å². The molecule has 4 aliphatic carbocycles. The highest BCUT2D eigenvalue weighted by Crippen LogP contribution is 2.61. The molecule has 3 nitrogen and oxygen atoms in total. The van der Waals surface area contributed by atoms with E-state index >= 15 is 0 Å². The van der Waals surface area contributed by atoms with E-state index in [4.69, 9.17) is 11.3 Å². The Morgan fingerprint density at radius 2 is 1.71 bits per heavy atom. The van der Waals surface area contributed by atoms with Crippen molar-refractivity contribution in [3.05, 3.63) is 12.2 Å². The summed E-state index contributed by atoms with van der Waals surface area (Å²) in [5.41, 5.74) is 2.35. The van der Waals surface area contributed by atoms with Crippen LogP contribution in [-0.4, -0.2) is 59.3 Å². The molecule has 4 saturated heterocycles. The van der Waals surface area contributed by atoms with Crippen LogP contribution in [0.4, 0.5) is 0 Å². The van der Waals surface area contributed by atoms with E-state index in [0.29, 0.717) is 35.0 Å². The molecule has 8 fully saturated rings. The average Bonchev–Trinajstić information content (AvgIpc) is 3.38. The number of rotatable bonds is 2. The van der Waals surface area contributed by atoms with Gasteiger partial charge in [-0.05, 0) is 150 Å². The maximum absolute atomic E-state index is 7.67. The minimum atomic E-state index is 0.302. The van der Waals surface area contributed by atoms with E-state index in [1.807, 2.05) is 0 Å². The molecular weight excluding hydrogens is 464 g/mol. The number of piperidine rings is 2. The molecule has 4 saturated carbocycles. The van der Waals surface area contributed by atoms with Crippen molar-refractivity contribution in [1.82, 2.24) is 9.80 Å². The molecule has 4 heterocycles. The molecule has 0 amide bonds. The Labute approximate surface area is 233 Å². The second-order valence-electron chi connectivity index (χ2n) is 16.3. The molecule has 4 bridgehead atoms. The van der Waals surface area contributed by atoms with Crippen molar-refractivity contribution in [3.63, 3.8) is 0 Å². The topological polar surface area (TPSA) is 15.7 Å². The van der Waals surface area contributed by atoms with Gasteiger partial charge in [-0.1, -0.05) is 33.3 Å². The van der Waals surface area contributed by atoms with Crippen LogP contribution < -0.4 is 0 Å². The summed E-state index contributed by atoms with van der Waals surface area (Å²) < 4.78 is 7.67. The zero-order valence-electron chi connectivity index (χ0n) is 24.7. The van der Waals surface area contributed by atoms with E-state index in [2.05, 4.69) is 23.6 Å². The lowest BCUT2D eigenvalue weighted by Crippen LogP contribution is -2.64. The van der Waals surface area contributed by atoms with Crippen LogP contribution >= 0.6 is 0 Å². The van der Waals surface area contributed by atoms with Gasteiger partial charge in [-0.2, -0.15) is 0 Å². The molecule has 8 rings (SSSR count). The summed E-state index contributed by atoms with van der Waals surface area (Å²) in [5.74, 6) is 5.12. The minimum Gasteiger partial charge on any atom is -0.369 e. The molecule has 212 valence electrons. The Balaban J connectivity index is 1.11. The van der Waals surface area contributed by atoms with Gasteiger partial charge in [0.1, 0.15) is 0 Å². The Morgan fingerprint density at radius 3 is 2.55 bits per heavy atom. The van der Waals surface area contributed by atoms with Crippen LogP contribution in [0, 0.1) is 40.9 Å². The fraction of sp³-hybridized carbons (Fsp3) is 0.943. The summed E-state index contributed by atoms with van der Waals surface area (Å²) >= 11 is 0. The zero-order chi connectivity index (χ0) is 25.6. The second kappa shape index (κ2) is 9.32. The van der Waals surface area contributed by atoms with Crippen LogP contribution in [0.5, 0.6) is 0 Å². The molecule has 0 aromatic rings. The number of nitrogens with zero attached hydrogens (tertiary/aromatic N) is 2. The molecular formula is C35H56N2O. The number of fused-ring (bicyclic) bond motifs is 5. The van der Waals surface area contributed by atoms with Gasteiger partial charge in [0.05, 0.1) is 12.2 Å². The van der Waals surface area contributed by atoms with Crippen LogP contribution in [0.25, 0.3) is 0 Å². The third-order valence-corrected chi connectivity index (χ3v) is 14.3. The zero-order valence-corrected chi connectivity index (χ0v) is 24.7. The molecule has 4 aliphatic heterocycles. The van der Waals surface area contributed by atoms with Crippen molar-refractivity contribution in [3.8, 4) is 0 Å². The molecule has 3 heteroatoms. The van der Waals surface area contributed by atoms with E-state index in [0.717, 1.165) is 35.8 Å². The van der Waals surface area contributed by atoms with Crippen molar-refractivity contribution in [2.75, 3.05) is 19.6 Å². The molecule has 8 aliphatic rings. The molecule has 1 spiro atoms. The first-order valence-electron chi connectivity index (χ1n) is 17.3. The van der Waals surface area contributed by atoms with Gasteiger partial charge >= 0.3 is 0 Å². The maximum atomic E-state index is 7.67. The molecule has 0 N–H and O–H groups in total. The highest BCUT2D eigenvalue weighted by molar-refractivity contribution is 5.20. The van der Waals surface area contributed by atoms with Gasteiger partial charge < -0.3 is 9.64 Å². The van der Waals surface area contributed by atoms with Crippen molar-refractivity contribution in [1.29, 1.82) is 0 Å².